The molecule has 0 bridgehead atoms. The molecule has 3 aromatic carbocycles. The highest BCUT2D eigenvalue weighted by molar-refractivity contribution is 7.09. The topological polar surface area (TPSA) is 65.1 Å². The fourth-order valence-corrected chi connectivity index (χ4v) is 5.48. The van der Waals surface area contributed by atoms with Crippen molar-refractivity contribution in [3.8, 4) is 23.0 Å². The summed E-state index contributed by atoms with van der Waals surface area (Å²) in [5.74, 6) is 2.78. The molecular formula is C30H26F3N3O4S. The standard InChI is InChI=1S/C30H26F3N3O4S/c1-19(34-12-20-5-7-25-27(10-20)39-17-37-25)24-16-41-29(35-24)15-36(13-21-3-2-4-23(9-21)30(31,32)33)14-22-6-8-26-28(11-22)40-18-38-26/h2-11,16,34H,1,12-15,17-18H2. The van der Waals surface area contributed by atoms with E-state index in [1.807, 2.05) is 41.8 Å². The Morgan fingerprint density at radius 3 is 2.17 bits per heavy atom. The van der Waals surface area contributed by atoms with Gasteiger partial charge in [0, 0.05) is 25.0 Å². The number of thiazole rings is 1. The molecular weight excluding hydrogens is 555 g/mol. The number of halogens is 3. The van der Waals surface area contributed by atoms with Gasteiger partial charge in [-0.15, -0.1) is 11.3 Å². The maximum atomic E-state index is 13.4. The molecule has 0 unspecified atom stereocenters. The first kappa shape index (κ1) is 27.0. The normalized spacial score (nSPS) is 13.6. The zero-order chi connectivity index (χ0) is 28.4. The number of hydrogen-bond acceptors (Lipinski definition) is 8. The number of nitrogens with zero attached hydrogens (tertiary/aromatic N) is 2. The van der Waals surface area contributed by atoms with Crippen molar-refractivity contribution in [1.82, 2.24) is 15.2 Å². The summed E-state index contributed by atoms with van der Waals surface area (Å²) in [5.41, 5.74) is 3.25. The fraction of sp³-hybridized carbons (Fsp3) is 0.233. The number of aromatic nitrogens is 1. The molecule has 0 radical (unpaired) electrons. The minimum atomic E-state index is -4.41. The number of rotatable bonds is 10. The summed E-state index contributed by atoms with van der Waals surface area (Å²) < 4.78 is 61.8. The molecule has 0 saturated carbocycles. The zero-order valence-corrected chi connectivity index (χ0v) is 22.7. The quantitative estimate of drug-likeness (QED) is 0.227. The van der Waals surface area contributed by atoms with Crippen molar-refractivity contribution in [1.29, 1.82) is 0 Å². The summed E-state index contributed by atoms with van der Waals surface area (Å²) in [6, 6.07) is 16.9. The first-order valence-corrected chi connectivity index (χ1v) is 13.7. The molecule has 0 atom stereocenters. The van der Waals surface area contributed by atoms with Crippen molar-refractivity contribution in [2.45, 2.75) is 32.4 Å². The molecule has 3 heterocycles. The highest BCUT2D eigenvalue weighted by Gasteiger charge is 2.30. The minimum absolute atomic E-state index is 0.168. The molecule has 2 aliphatic heterocycles. The Bertz CT molecular complexity index is 1570. The van der Waals surface area contributed by atoms with E-state index in [0.29, 0.717) is 60.4 Å². The van der Waals surface area contributed by atoms with E-state index in [1.54, 1.807) is 6.07 Å². The molecule has 0 saturated heterocycles. The Kier molecular flexibility index (Phi) is 7.46. The largest absolute Gasteiger partial charge is 0.454 e. The van der Waals surface area contributed by atoms with Crippen LogP contribution < -0.4 is 24.3 Å². The van der Waals surface area contributed by atoms with Crippen LogP contribution in [0.15, 0.2) is 72.6 Å². The summed E-state index contributed by atoms with van der Waals surface area (Å²) in [7, 11) is 0. The van der Waals surface area contributed by atoms with Crippen molar-refractivity contribution in [2.75, 3.05) is 13.6 Å². The van der Waals surface area contributed by atoms with Crippen LogP contribution in [0.4, 0.5) is 13.2 Å². The highest BCUT2D eigenvalue weighted by Crippen LogP contribution is 2.34. The van der Waals surface area contributed by atoms with Crippen LogP contribution in [-0.2, 0) is 32.4 Å². The van der Waals surface area contributed by atoms with Gasteiger partial charge in [-0.1, -0.05) is 36.9 Å². The molecule has 41 heavy (non-hydrogen) atoms. The van der Waals surface area contributed by atoms with Gasteiger partial charge >= 0.3 is 6.18 Å². The molecule has 0 aliphatic carbocycles. The van der Waals surface area contributed by atoms with Crippen LogP contribution in [0.3, 0.4) is 0 Å². The lowest BCUT2D eigenvalue weighted by Crippen LogP contribution is -2.23. The van der Waals surface area contributed by atoms with E-state index in [0.717, 1.165) is 28.0 Å². The highest BCUT2D eigenvalue weighted by atomic mass is 32.1. The van der Waals surface area contributed by atoms with Gasteiger partial charge in [-0.3, -0.25) is 4.90 Å². The van der Waals surface area contributed by atoms with Gasteiger partial charge in [0.25, 0.3) is 0 Å². The van der Waals surface area contributed by atoms with Gasteiger partial charge in [0.15, 0.2) is 23.0 Å². The van der Waals surface area contributed by atoms with E-state index in [2.05, 4.69) is 16.8 Å². The Morgan fingerprint density at radius 1 is 0.829 bits per heavy atom. The van der Waals surface area contributed by atoms with Crippen LogP contribution in [0, 0.1) is 0 Å². The average Bonchev–Trinajstić information content (AvgIpc) is 3.72. The molecule has 6 rings (SSSR count). The maximum absolute atomic E-state index is 13.4. The molecule has 0 spiro atoms. The Hall–Kier alpha value is -4.22. The van der Waals surface area contributed by atoms with Crippen LogP contribution >= 0.6 is 11.3 Å². The summed E-state index contributed by atoms with van der Waals surface area (Å²) in [5, 5.41) is 6.05. The van der Waals surface area contributed by atoms with Gasteiger partial charge in [-0.25, -0.2) is 4.98 Å². The second-order valence-corrected chi connectivity index (χ2v) is 10.6. The summed E-state index contributed by atoms with van der Waals surface area (Å²) >= 11 is 1.48. The van der Waals surface area contributed by atoms with Crippen molar-refractivity contribution in [3.63, 3.8) is 0 Å². The smallest absolute Gasteiger partial charge is 0.416 e. The van der Waals surface area contributed by atoms with Crippen LogP contribution in [0.2, 0.25) is 0 Å². The van der Waals surface area contributed by atoms with E-state index in [1.165, 1.54) is 23.5 Å². The molecule has 0 amide bonds. The second kappa shape index (κ2) is 11.3. The van der Waals surface area contributed by atoms with Crippen molar-refractivity contribution >= 4 is 17.0 Å². The zero-order valence-electron chi connectivity index (χ0n) is 21.9. The summed E-state index contributed by atoms with van der Waals surface area (Å²) in [6.07, 6.45) is -4.41. The van der Waals surface area contributed by atoms with Gasteiger partial charge in [-0.05, 0) is 47.0 Å². The molecule has 2 aliphatic rings. The van der Waals surface area contributed by atoms with E-state index in [9.17, 15) is 13.2 Å². The molecule has 0 fully saturated rings. The lowest BCUT2D eigenvalue weighted by molar-refractivity contribution is -0.137. The Balaban J connectivity index is 1.15. The molecule has 4 aromatic rings. The van der Waals surface area contributed by atoms with Gasteiger partial charge in [0.1, 0.15) is 5.01 Å². The molecule has 212 valence electrons. The van der Waals surface area contributed by atoms with Crippen LogP contribution in [0.5, 0.6) is 23.0 Å². The second-order valence-electron chi connectivity index (χ2n) is 9.68. The van der Waals surface area contributed by atoms with Crippen molar-refractivity contribution in [3.05, 3.63) is 106 Å². The monoisotopic (exact) mass is 581 g/mol. The number of fused-ring (bicyclic) bond motifs is 2. The van der Waals surface area contributed by atoms with E-state index < -0.39 is 11.7 Å². The van der Waals surface area contributed by atoms with Gasteiger partial charge in [-0.2, -0.15) is 13.2 Å². The third kappa shape index (κ3) is 6.41. The Morgan fingerprint density at radius 2 is 1.46 bits per heavy atom. The number of hydrogen-bond donors (Lipinski definition) is 1. The number of benzene rings is 3. The SMILES string of the molecule is C=C(NCc1ccc2c(c1)OCO2)c1csc(CN(Cc2cccc(C(F)(F)F)c2)Cc2ccc3c(c2)OCO3)n1. The van der Waals surface area contributed by atoms with Crippen LogP contribution in [-0.4, -0.2) is 23.5 Å². The number of alkyl halides is 3. The fourth-order valence-electron chi connectivity index (χ4n) is 4.63. The summed E-state index contributed by atoms with van der Waals surface area (Å²) in [4.78, 5) is 6.82. The third-order valence-corrected chi connectivity index (χ3v) is 7.50. The molecule has 7 nitrogen and oxygen atoms in total. The predicted octanol–water partition coefficient (Wildman–Crippen LogP) is 6.58. The van der Waals surface area contributed by atoms with E-state index in [-0.39, 0.29) is 13.6 Å². The van der Waals surface area contributed by atoms with E-state index in [4.69, 9.17) is 23.9 Å². The number of nitrogens with one attached hydrogen (secondary N) is 1. The number of ether oxygens (including phenoxy) is 4. The lowest BCUT2D eigenvalue weighted by atomic mass is 10.1. The average molecular weight is 582 g/mol. The van der Waals surface area contributed by atoms with Crippen molar-refractivity contribution in [2.24, 2.45) is 0 Å². The minimum Gasteiger partial charge on any atom is -0.454 e. The first-order valence-electron chi connectivity index (χ1n) is 12.8. The third-order valence-electron chi connectivity index (χ3n) is 6.67. The van der Waals surface area contributed by atoms with Gasteiger partial charge in [0.05, 0.1) is 23.5 Å². The maximum Gasteiger partial charge on any atom is 0.416 e. The molecule has 1 N–H and O–H groups in total. The lowest BCUT2D eigenvalue weighted by Gasteiger charge is -2.22. The van der Waals surface area contributed by atoms with Crippen LogP contribution in [0.1, 0.15) is 33.0 Å². The van der Waals surface area contributed by atoms with Gasteiger partial charge in [0.2, 0.25) is 13.6 Å². The van der Waals surface area contributed by atoms with Crippen molar-refractivity contribution < 1.29 is 32.1 Å². The molecule has 1 aromatic heterocycles. The van der Waals surface area contributed by atoms with Crippen LogP contribution in [0.25, 0.3) is 5.70 Å². The van der Waals surface area contributed by atoms with Gasteiger partial charge < -0.3 is 24.3 Å². The van der Waals surface area contributed by atoms with E-state index >= 15 is 0 Å². The first-order chi connectivity index (χ1) is 19.8. The molecule has 11 heteroatoms. The summed E-state index contributed by atoms with van der Waals surface area (Å²) in [6.45, 7) is 6.28. The Labute approximate surface area is 238 Å². The predicted molar refractivity (Wildman–Crippen MR) is 148 cm³/mol.